The van der Waals surface area contributed by atoms with E-state index in [1.165, 1.54) is 50.6 Å². The molecular formula is C12H23BrN2. The predicted octanol–water partition coefficient (Wildman–Crippen LogP) is 2.19. The molecule has 0 aromatic carbocycles. The van der Waals surface area contributed by atoms with Crippen LogP contribution in [0, 0.1) is 5.41 Å². The summed E-state index contributed by atoms with van der Waals surface area (Å²) >= 11 is 3.66. The molecule has 2 fully saturated rings. The Hall–Kier alpha value is 0.400. The average molecular weight is 275 g/mol. The molecule has 2 aliphatic rings. The van der Waals surface area contributed by atoms with Crippen LogP contribution >= 0.6 is 15.9 Å². The van der Waals surface area contributed by atoms with Crippen LogP contribution in [0.2, 0.25) is 0 Å². The highest BCUT2D eigenvalue weighted by molar-refractivity contribution is 9.09. The fourth-order valence-corrected chi connectivity index (χ4v) is 3.41. The smallest absolute Gasteiger partial charge is 0.0220 e. The first-order valence-corrected chi connectivity index (χ1v) is 7.22. The van der Waals surface area contributed by atoms with E-state index in [4.69, 9.17) is 0 Å². The Bertz CT molecular complexity index is 216. The third-order valence-electron chi connectivity index (χ3n) is 4.05. The minimum absolute atomic E-state index is 0.630. The van der Waals surface area contributed by atoms with Gasteiger partial charge in [0.1, 0.15) is 0 Å². The summed E-state index contributed by atoms with van der Waals surface area (Å²) in [5.41, 5.74) is 0.630. The zero-order valence-electron chi connectivity index (χ0n) is 10.0. The van der Waals surface area contributed by atoms with Crippen LogP contribution in [-0.4, -0.2) is 54.9 Å². The van der Waals surface area contributed by atoms with Crippen molar-refractivity contribution in [2.75, 3.05) is 39.1 Å². The summed E-state index contributed by atoms with van der Waals surface area (Å²) in [6.07, 6.45) is 5.60. The van der Waals surface area contributed by atoms with Crippen molar-refractivity contribution < 1.29 is 0 Å². The fraction of sp³-hybridized carbons (Fsp3) is 1.00. The Morgan fingerprint density at radius 2 is 2.20 bits per heavy atom. The zero-order chi connectivity index (χ0) is 10.9. The number of likely N-dealkylation sites (N-methyl/N-ethyl adjacent to an activating group) is 2. The Morgan fingerprint density at radius 1 is 1.47 bits per heavy atom. The van der Waals surface area contributed by atoms with Crippen molar-refractivity contribution in [1.29, 1.82) is 0 Å². The molecule has 1 saturated carbocycles. The van der Waals surface area contributed by atoms with Crippen molar-refractivity contribution >= 4 is 15.9 Å². The van der Waals surface area contributed by atoms with Gasteiger partial charge in [-0.3, -0.25) is 0 Å². The predicted molar refractivity (Wildman–Crippen MR) is 68.6 cm³/mol. The molecule has 15 heavy (non-hydrogen) atoms. The van der Waals surface area contributed by atoms with Crippen LogP contribution in [0.15, 0.2) is 0 Å². The van der Waals surface area contributed by atoms with Gasteiger partial charge in [-0.2, -0.15) is 0 Å². The molecule has 0 bridgehead atoms. The van der Waals surface area contributed by atoms with Gasteiger partial charge in [-0.1, -0.05) is 15.9 Å². The summed E-state index contributed by atoms with van der Waals surface area (Å²) in [5.74, 6) is 0. The second kappa shape index (κ2) is 4.72. The number of rotatable bonds is 4. The van der Waals surface area contributed by atoms with E-state index in [2.05, 4.69) is 39.8 Å². The Kier molecular flexibility index (Phi) is 3.74. The van der Waals surface area contributed by atoms with Gasteiger partial charge in [0.05, 0.1) is 0 Å². The third kappa shape index (κ3) is 2.95. The van der Waals surface area contributed by atoms with Gasteiger partial charge in [0.15, 0.2) is 0 Å². The van der Waals surface area contributed by atoms with Gasteiger partial charge < -0.3 is 9.80 Å². The maximum absolute atomic E-state index is 3.66. The van der Waals surface area contributed by atoms with Crippen LogP contribution in [0.4, 0.5) is 0 Å². The van der Waals surface area contributed by atoms with Crippen LogP contribution in [-0.2, 0) is 0 Å². The SMILES string of the molecule is CN1CCCC(N(C)CC2(CBr)CC2)C1. The second-order valence-electron chi connectivity index (χ2n) is 5.61. The average Bonchev–Trinajstić information content (AvgIpc) is 2.98. The van der Waals surface area contributed by atoms with Gasteiger partial charge in [-0.15, -0.1) is 0 Å². The van der Waals surface area contributed by atoms with E-state index in [9.17, 15) is 0 Å². The normalized spacial score (nSPS) is 30.8. The molecule has 0 N–H and O–H groups in total. The van der Waals surface area contributed by atoms with E-state index < -0.39 is 0 Å². The van der Waals surface area contributed by atoms with Crippen LogP contribution in [0.5, 0.6) is 0 Å². The summed E-state index contributed by atoms with van der Waals surface area (Å²) < 4.78 is 0. The van der Waals surface area contributed by atoms with E-state index in [1.54, 1.807) is 0 Å². The van der Waals surface area contributed by atoms with Gasteiger partial charge in [0.25, 0.3) is 0 Å². The standard InChI is InChI=1S/C12H23BrN2/c1-14-7-3-4-11(8-14)15(2)10-12(9-13)5-6-12/h11H,3-10H2,1-2H3. The van der Waals surface area contributed by atoms with Crippen LogP contribution in [0.25, 0.3) is 0 Å². The quantitative estimate of drug-likeness (QED) is 0.726. The second-order valence-corrected chi connectivity index (χ2v) is 6.17. The summed E-state index contributed by atoms with van der Waals surface area (Å²) in [5, 5.41) is 1.19. The number of halogens is 1. The van der Waals surface area contributed by atoms with E-state index in [0.717, 1.165) is 6.04 Å². The molecule has 1 unspecified atom stereocenters. The van der Waals surface area contributed by atoms with Gasteiger partial charge in [-0.05, 0) is 51.7 Å². The summed E-state index contributed by atoms with van der Waals surface area (Å²) in [6, 6.07) is 0.792. The van der Waals surface area contributed by atoms with Crippen LogP contribution in [0.1, 0.15) is 25.7 Å². The van der Waals surface area contributed by atoms with E-state index >= 15 is 0 Å². The number of hydrogen-bond donors (Lipinski definition) is 0. The lowest BCUT2D eigenvalue weighted by Gasteiger charge is -2.37. The largest absolute Gasteiger partial charge is 0.305 e. The lowest BCUT2D eigenvalue weighted by molar-refractivity contribution is 0.119. The number of nitrogens with zero attached hydrogens (tertiary/aromatic N) is 2. The first-order valence-electron chi connectivity index (χ1n) is 6.10. The van der Waals surface area contributed by atoms with Crippen molar-refractivity contribution in [1.82, 2.24) is 9.80 Å². The van der Waals surface area contributed by atoms with Gasteiger partial charge in [0, 0.05) is 24.5 Å². The molecular weight excluding hydrogens is 252 g/mol. The molecule has 3 heteroatoms. The Balaban J connectivity index is 1.82. The summed E-state index contributed by atoms with van der Waals surface area (Å²) in [7, 11) is 4.56. The number of hydrogen-bond acceptors (Lipinski definition) is 2. The lowest BCUT2D eigenvalue weighted by Crippen LogP contribution is -2.46. The van der Waals surface area contributed by atoms with E-state index in [-0.39, 0.29) is 0 Å². The molecule has 2 nitrogen and oxygen atoms in total. The highest BCUT2D eigenvalue weighted by atomic mass is 79.9. The molecule has 2 rings (SSSR count). The molecule has 0 spiro atoms. The highest BCUT2D eigenvalue weighted by Gasteiger charge is 2.43. The van der Waals surface area contributed by atoms with Crippen molar-refractivity contribution in [2.45, 2.75) is 31.7 Å². The molecule has 1 atom stereocenters. The molecule has 0 aromatic rings. The Labute approximate surface area is 102 Å². The summed E-state index contributed by atoms with van der Waals surface area (Å²) in [4.78, 5) is 5.07. The number of alkyl halides is 1. The molecule has 1 aliphatic carbocycles. The first kappa shape index (κ1) is 11.9. The van der Waals surface area contributed by atoms with Gasteiger partial charge in [0.2, 0.25) is 0 Å². The topological polar surface area (TPSA) is 6.48 Å². The fourth-order valence-electron chi connectivity index (χ4n) is 2.67. The molecule has 0 radical (unpaired) electrons. The number of piperidine rings is 1. The van der Waals surface area contributed by atoms with Crippen LogP contribution in [0.3, 0.4) is 0 Å². The molecule has 88 valence electrons. The molecule has 1 saturated heterocycles. The summed E-state index contributed by atoms with van der Waals surface area (Å²) in [6.45, 7) is 3.83. The van der Waals surface area contributed by atoms with E-state index in [0.29, 0.717) is 5.41 Å². The monoisotopic (exact) mass is 274 g/mol. The minimum Gasteiger partial charge on any atom is -0.305 e. The highest BCUT2D eigenvalue weighted by Crippen LogP contribution is 2.47. The number of likely N-dealkylation sites (tertiary alicyclic amines) is 1. The van der Waals surface area contributed by atoms with Crippen molar-refractivity contribution in [3.8, 4) is 0 Å². The van der Waals surface area contributed by atoms with Gasteiger partial charge in [-0.25, -0.2) is 0 Å². The minimum atomic E-state index is 0.630. The first-order chi connectivity index (χ1) is 7.15. The third-order valence-corrected chi connectivity index (χ3v) is 5.24. The zero-order valence-corrected chi connectivity index (χ0v) is 11.6. The van der Waals surface area contributed by atoms with Crippen LogP contribution < -0.4 is 0 Å². The van der Waals surface area contributed by atoms with Crippen molar-refractivity contribution in [3.05, 3.63) is 0 Å². The lowest BCUT2D eigenvalue weighted by atomic mass is 10.0. The van der Waals surface area contributed by atoms with E-state index in [1.807, 2.05) is 0 Å². The van der Waals surface area contributed by atoms with Gasteiger partial charge >= 0.3 is 0 Å². The molecule has 1 aliphatic heterocycles. The Morgan fingerprint density at radius 3 is 2.73 bits per heavy atom. The van der Waals surface area contributed by atoms with Crippen molar-refractivity contribution in [3.63, 3.8) is 0 Å². The maximum atomic E-state index is 3.66. The molecule has 0 aromatic heterocycles. The molecule has 0 amide bonds. The molecule has 1 heterocycles. The van der Waals surface area contributed by atoms with Crippen molar-refractivity contribution in [2.24, 2.45) is 5.41 Å². The maximum Gasteiger partial charge on any atom is 0.0220 e.